The predicted molar refractivity (Wildman–Crippen MR) is 53.7 cm³/mol. The molecule has 0 aromatic heterocycles. The van der Waals surface area contributed by atoms with Crippen molar-refractivity contribution in [2.24, 2.45) is 0 Å². The van der Waals surface area contributed by atoms with E-state index in [1.54, 1.807) is 0 Å². The van der Waals surface area contributed by atoms with E-state index >= 15 is 0 Å². The number of nitrogens with one attached hydrogen (secondary N) is 2. The first-order valence-corrected chi connectivity index (χ1v) is 4.62. The quantitative estimate of drug-likeness (QED) is 0.797. The van der Waals surface area contributed by atoms with E-state index in [9.17, 15) is 13.6 Å². The Morgan fingerprint density at radius 1 is 1.27 bits per heavy atom. The minimum absolute atomic E-state index is 0.0982. The lowest BCUT2D eigenvalue weighted by atomic mass is 10.3. The highest BCUT2D eigenvalue weighted by Crippen LogP contribution is 2.12. The van der Waals surface area contributed by atoms with Crippen LogP contribution in [0.25, 0.3) is 0 Å². The predicted octanol–water partition coefficient (Wildman–Crippen LogP) is 2.50. The Morgan fingerprint density at radius 3 is 2.40 bits per heavy atom. The van der Waals surface area contributed by atoms with Crippen LogP contribution in [0.5, 0.6) is 0 Å². The summed E-state index contributed by atoms with van der Waals surface area (Å²) in [6.45, 7) is 2.42. The maximum atomic E-state index is 12.7. The van der Waals surface area contributed by atoms with Gasteiger partial charge in [0.2, 0.25) is 0 Å². The SMILES string of the molecule is CCCNC(=O)Nc1cc(F)cc(F)c1. The normalized spacial score (nSPS) is 9.80. The summed E-state index contributed by atoms with van der Waals surface area (Å²) in [5.74, 6) is -1.44. The summed E-state index contributed by atoms with van der Waals surface area (Å²) >= 11 is 0. The van der Waals surface area contributed by atoms with Crippen molar-refractivity contribution < 1.29 is 13.6 Å². The lowest BCUT2D eigenvalue weighted by Gasteiger charge is -2.06. The van der Waals surface area contributed by atoms with Gasteiger partial charge < -0.3 is 10.6 Å². The average molecular weight is 214 g/mol. The third kappa shape index (κ3) is 3.93. The minimum atomic E-state index is -0.721. The standard InChI is InChI=1S/C10H12F2N2O/c1-2-3-13-10(15)14-9-5-7(11)4-8(12)6-9/h4-6H,2-3H2,1H3,(H2,13,14,15). The molecule has 3 nitrogen and oxygen atoms in total. The first kappa shape index (κ1) is 11.4. The molecular weight excluding hydrogens is 202 g/mol. The lowest BCUT2D eigenvalue weighted by Crippen LogP contribution is -2.29. The number of carbonyl (C=O) groups excluding carboxylic acids is 1. The molecule has 2 N–H and O–H groups in total. The summed E-state index contributed by atoms with van der Waals surface area (Å²) in [7, 11) is 0. The molecule has 0 unspecified atom stereocenters. The first-order valence-electron chi connectivity index (χ1n) is 4.62. The van der Waals surface area contributed by atoms with Crippen LogP contribution in [-0.2, 0) is 0 Å². The molecule has 1 aromatic carbocycles. The van der Waals surface area contributed by atoms with Gasteiger partial charge in [-0.05, 0) is 18.6 Å². The van der Waals surface area contributed by atoms with E-state index in [4.69, 9.17) is 0 Å². The molecule has 0 bridgehead atoms. The van der Waals surface area contributed by atoms with Crippen molar-refractivity contribution in [3.05, 3.63) is 29.8 Å². The Kier molecular flexibility index (Phi) is 4.03. The molecule has 5 heteroatoms. The molecule has 2 amide bonds. The molecule has 1 aromatic rings. The number of urea groups is 1. The number of carbonyl (C=O) groups is 1. The van der Waals surface area contributed by atoms with Crippen molar-refractivity contribution >= 4 is 11.7 Å². The van der Waals surface area contributed by atoms with Crippen LogP contribution in [0.1, 0.15) is 13.3 Å². The third-order valence-corrected chi connectivity index (χ3v) is 1.66. The van der Waals surface area contributed by atoms with Gasteiger partial charge in [-0.15, -0.1) is 0 Å². The number of rotatable bonds is 3. The van der Waals surface area contributed by atoms with Gasteiger partial charge in [0.1, 0.15) is 11.6 Å². The summed E-state index contributed by atoms with van der Waals surface area (Å²) < 4.78 is 25.4. The summed E-state index contributed by atoms with van der Waals surface area (Å²) in [5, 5.41) is 4.85. The van der Waals surface area contributed by atoms with E-state index in [2.05, 4.69) is 10.6 Å². The van der Waals surface area contributed by atoms with Gasteiger partial charge in [0.15, 0.2) is 0 Å². The van der Waals surface area contributed by atoms with Crippen LogP contribution in [0.4, 0.5) is 19.3 Å². The largest absolute Gasteiger partial charge is 0.338 e. The van der Waals surface area contributed by atoms with Crippen molar-refractivity contribution in [1.29, 1.82) is 0 Å². The van der Waals surface area contributed by atoms with Gasteiger partial charge in [0.05, 0.1) is 0 Å². The Labute approximate surface area is 86.5 Å². The minimum Gasteiger partial charge on any atom is -0.338 e. The maximum absolute atomic E-state index is 12.7. The molecule has 1 rings (SSSR count). The number of anilines is 1. The highest BCUT2D eigenvalue weighted by Gasteiger charge is 2.03. The molecule has 0 spiro atoms. The van der Waals surface area contributed by atoms with Gasteiger partial charge in [0, 0.05) is 18.3 Å². The maximum Gasteiger partial charge on any atom is 0.319 e. The molecule has 0 aliphatic rings. The Morgan fingerprint density at radius 2 is 1.87 bits per heavy atom. The monoisotopic (exact) mass is 214 g/mol. The van der Waals surface area contributed by atoms with E-state index in [1.807, 2.05) is 6.92 Å². The molecular formula is C10H12F2N2O. The average Bonchev–Trinajstić information content (AvgIpc) is 2.13. The number of amides is 2. The second-order valence-electron chi connectivity index (χ2n) is 3.04. The number of hydrogen-bond donors (Lipinski definition) is 2. The van der Waals surface area contributed by atoms with E-state index in [0.717, 1.165) is 24.6 Å². The fraction of sp³-hybridized carbons (Fsp3) is 0.300. The molecule has 0 radical (unpaired) electrons. The van der Waals surface area contributed by atoms with E-state index in [0.29, 0.717) is 6.54 Å². The molecule has 0 aliphatic carbocycles. The zero-order valence-corrected chi connectivity index (χ0v) is 8.31. The van der Waals surface area contributed by atoms with Gasteiger partial charge in [-0.25, -0.2) is 13.6 Å². The van der Waals surface area contributed by atoms with Gasteiger partial charge in [0.25, 0.3) is 0 Å². The van der Waals surface area contributed by atoms with E-state index < -0.39 is 17.7 Å². The van der Waals surface area contributed by atoms with Crippen LogP contribution in [0.2, 0.25) is 0 Å². The Balaban J connectivity index is 2.60. The van der Waals surface area contributed by atoms with Crippen LogP contribution in [0.15, 0.2) is 18.2 Å². The van der Waals surface area contributed by atoms with E-state index in [-0.39, 0.29) is 5.69 Å². The molecule has 0 fully saturated rings. The molecule has 15 heavy (non-hydrogen) atoms. The topological polar surface area (TPSA) is 41.1 Å². The molecule has 0 atom stereocenters. The second kappa shape index (κ2) is 5.29. The van der Waals surface area contributed by atoms with Gasteiger partial charge in [-0.3, -0.25) is 0 Å². The van der Waals surface area contributed by atoms with Crippen molar-refractivity contribution in [3.8, 4) is 0 Å². The van der Waals surface area contributed by atoms with Crippen LogP contribution >= 0.6 is 0 Å². The molecule has 82 valence electrons. The van der Waals surface area contributed by atoms with Crippen molar-refractivity contribution in [2.45, 2.75) is 13.3 Å². The van der Waals surface area contributed by atoms with Crippen molar-refractivity contribution in [2.75, 3.05) is 11.9 Å². The fourth-order valence-electron chi connectivity index (χ4n) is 1.04. The summed E-state index contributed by atoms with van der Waals surface area (Å²) in [5.41, 5.74) is 0.0982. The number of hydrogen-bond acceptors (Lipinski definition) is 1. The lowest BCUT2D eigenvalue weighted by molar-refractivity contribution is 0.252. The first-order chi connectivity index (χ1) is 7.11. The summed E-state index contributed by atoms with van der Waals surface area (Å²) in [6, 6.07) is 2.38. The van der Waals surface area contributed by atoms with Crippen LogP contribution < -0.4 is 10.6 Å². The van der Waals surface area contributed by atoms with E-state index in [1.165, 1.54) is 0 Å². The van der Waals surface area contributed by atoms with Gasteiger partial charge in [-0.1, -0.05) is 6.92 Å². The third-order valence-electron chi connectivity index (χ3n) is 1.66. The molecule has 0 heterocycles. The van der Waals surface area contributed by atoms with Crippen molar-refractivity contribution in [1.82, 2.24) is 5.32 Å². The van der Waals surface area contributed by atoms with Gasteiger partial charge >= 0.3 is 6.03 Å². The smallest absolute Gasteiger partial charge is 0.319 e. The van der Waals surface area contributed by atoms with Crippen LogP contribution in [0.3, 0.4) is 0 Å². The molecule has 0 saturated heterocycles. The van der Waals surface area contributed by atoms with Crippen molar-refractivity contribution in [3.63, 3.8) is 0 Å². The molecule has 0 aliphatic heterocycles. The summed E-state index contributed by atoms with van der Waals surface area (Å²) in [6.07, 6.45) is 0.797. The fourth-order valence-corrected chi connectivity index (χ4v) is 1.04. The second-order valence-corrected chi connectivity index (χ2v) is 3.04. The zero-order chi connectivity index (χ0) is 11.3. The van der Waals surface area contributed by atoms with Crippen LogP contribution in [-0.4, -0.2) is 12.6 Å². The zero-order valence-electron chi connectivity index (χ0n) is 8.31. The van der Waals surface area contributed by atoms with Crippen LogP contribution in [0, 0.1) is 11.6 Å². The van der Waals surface area contributed by atoms with Gasteiger partial charge in [-0.2, -0.15) is 0 Å². The number of benzene rings is 1. The highest BCUT2D eigenvalue weighted by atomic mass is 19.1. The molecule has 0 saturated carbocycles. The number of halogens is 2. The Bertz CT molecular complexity index is 335. The summed E-state index contributed by atoms with van der Waals surface area (Å²) in [4.78, 5) is 11.1. The highest BCUT2D eigenvalue weighted by molar-refractivity contribution is 5.89. The Hall–Kier alpha value is -1.65.